The Balaban J connectivity index is 1.46. The lowest BCUT2D eigenvalue weighted by atomic mass is 10.1. The lowest BCUT2D eigenvalue weighted by Crippen LogP contribution is -2.03. The minimum Gasteiger partial charge on any atom is -0.436 e. The second-order valence-corrected chi connectivity index (χ2v) is 10.1. The van der Waals surface area contributed by atoms with Crippen LogP contribution in [0.4, 0.5) is 0 Å². The van der Waals surface area contributed by atoms with Crippen LogP contribution in [0, 0.1) is 0 Å². The Morgan fingerprint density at radius 2 is 1.35 bits per heavy atom. The molecule has 5 heteroatoms. The number of fused-ring (bicyclic) bond motifs is 8. The van der Waals surface area contributed by atoms with Gasteiger partial charge in [0, 0.05) is 33.3 Å². The molecule has 0 atom stereocenters. The molecule has 5 nitrogen and oxygen atoms in total. The molecule has 186 valence electrons. The van der Waals surface area contributed by atoms with E-state index in [-0.39, 0.29) is 0 Å². The maximum absolute atomic E-state index is 6.21. The molecule has 0 bridgehead atoms. The zero-order chi connectivity index (χ0) is 26.2. The van der Waals surface area contributed by atoms with Gasteiger partial charge in [-0.05, 0) is 53.2 Å². The summed E-state index contributed by atoms with van der Waals surface area (Å²) in [7, 11) is 0. The van der Waals surface area contributed by atoms with Gasteiger partial charge in [0.2, 0.25) is 5.71 Å². The smallest absolute Gasteiger partial charge is 0.247 e. The van der Waals surface area contributed by atoms with Gasteiger partial charge >= 0.3 is 0 Å². The van der Waals surface area contributed by atoms with Crippen LogP contribution in [-0.2, 0) is 0 Å². The van der Waals surface area contributed by atoms with Crippen LogP contribution < -0.4 is 0 Å². The Hall–Kier alpha value is -5.55. The summed E-state index contributed by atoms with van der Waals surface area (Å²) >= 11 is 0. The average molecular weight is 513 g/mol. The van der Waals surface area contributed by atoms with Crippen molar-refractivity contribution < 1.29 is 4.42 Å². The summed E-state index contributed by atoms with van der Waals surface area (Å²) in [6.07, 6.45) is 1.82. The maximum atomic E-state index is 6.21. The van der Waals surface area contributed by atoms with E-state index in [1.54, 1.807) is 0 Å². The first-order valence-corrected chi connectivity index (χ1v) is 13.3. The molecular weight excluding hydrogens is 492 g/mol. The van der Waals surface area contributed by atoms with E-state index in [0.29, 0.717) is 5.71 Å². The second kappa shape index (κ2) is 7.98. The van der Waals surface area contributed by atoms with Crippen LogP contribution in [0.1, 0.15) is 0 Å². The van der Waals surface area contributed by atoms with Gasteiger partial charge < -0.3 is 4.42 Å². The largest absolute Gasteiger partial charge is 0.436 e. The number of pyridine rings is 1. The molecule has 0 N–H and O–H groups in total. The van der Waals surface area contributed by atoms with Crippen molar-refractivity contribution in [3.63, 3.8) is 0 Å². The van der Waals surface area contributed by atoms with Crippen LogP contribution in [0.5, 0.6) is 0 Å². The molecule has 5 aromatic carbocycles. The van der Waals surface area contributed by atoms with Crippen molar-refractivity contribution in [2.75, 3.05) is 0 Å². The third-order valence-corrected chi connectivity index (χ3v) is 7.83. The fourth-order valence-corrected chi connectivity index (χ4v) is 5.96. The molecule has 0 aliphatic rings. The van der Waals surface area contributed by atoms with E-state index < -0.39 is 0 Å². The van der Waals surface area contributed by atoms with E-state index in [1.165, 1.54) is 21.5 Å². The third-order valence-electron chi connectivity index (χ3n) is 7.83. The summed E-state index contributed by atoms with van der Waals surface area (Å²) in [6, 6.07) is 39.8. The molecule has 0 aliphatic carbocycles. The quantitative estimate of drug-likeness (QED) is 0.232. The number of benzene rings is 5. The first-order valence-electron chi connectivity index (χ1n) is 13.3. The minimum absolute atomic E-state index is 0.521. The summed E-state index contributed by atoms with van der Waals surface area (Å²) in [5, 5.41) is 6.77. The molecule has 0 saturated carbocycles. The topological polar surface area (TPSA) is 56.7 Å². The van der Waals surface area contributed by atoms with Crippen molar-refractivity contribution in [2.24, 2.45) is 0 Å². The number of furan rings is 1. The monoisotopic (exact) mass is 512 g/mol. The van der Waals surface area contributed by atoms with Crippen molar-refractivity contribution in [3.8, 4) is 17.1 Å². The Bertz CT molecular complexity index is 2450. The highest BCUT2D eigenvalue weighted by Gasteiger charge is 2.22. The Kier molecular flexibility index (Phi) is 4.27. The van der Waals surface area contributed by atoms with Crippen molar-refractivity contribution in [1.82, 2.24) is 19.5 Å². The summed E-state index contributed by atoms with van der Waals surface area (Å²) < 4.78 is 8.46. The number of hydrogen-bond acceptors (Lipinski definition) is 4. The highest BCUT2D eigenvalue weighted by Crippen LogP contribution is 2.39. The van der Waals surface area contributed by atoms with Crippen LogP contribution in [0.15, 0.2) is 126 Å². The minimum atomic E-state index is 0.521. The van der Waals surface area contributed by atoms with E-state index in [2.05, 4.69) is 94.5 Å². The van der Waals surface area contributed by atoms with Gasteiger partial charge in [-0.15, -0.1) is 0 Å². The molecule has 9 aromatic rings. The lowest BCUT2D eigenvalue weighted by molar-refractivity contribution is 0.653. The van der Waals surface area contributed by atoms with Crippen LogP contribution in [0.25, 0.3) is 82.8 Å². The summed E-state index contributed by atoms with van der Waals surface area (Å²) in [5.74, 6) is 0.760. The number of hydrogen-bond donors (Lipinski definition) is 0. The van der Waals surface area contributed by atoms with Crippen LogP contribution in [0.3, 0.4) is 0 Å². The van der Waals surface area contributed by atoms with E-state index >= 15 is 0 Å². The van der Waals surface area contributed by atoms with Crippen molar-refractivity contribution in [2.45, 2.75) is 0 Å². The van der Waals surface area contributed by atoms with Gasteiger partial charge in [-0.25, -0.2) is 9.97 Å². The number of rotatable bonds is 2. The zero-order valence-corrected chi connectivity index (χ0v) is 21.2. The Morgan fingerprint density at radius 1 is 0.575 bits per heavy atom. The predicted octanol–water partition coefficient (Wildman–Crippen LogP) is 8.84. The van der Waals surface area contributed by atoms with Gasteiger partial charge in [-0.2, -0.15) is 0 Å². The molecule has 0 amide bonds. The molecule has 0 saturated heterocycles. The summed E-state index contributed by atoms with van der Waals surface area (Å²) in [6.45, 7) is 0. The molecule has 0 radical (unpaired) electrons. The highest BCUT2D eigenvalue weighted by atomic mass is 16.3. The molecule has 4 heterocycles. The van der Waals surface area contributed by atoms with Crippen molar-refractivity contribution in [1.29, 1.82) is 0 Å². The molecule has 0 spiro atoms. The van der Waals surface area contributed by atoms with E-state index in [4.69, 9.17) is 14.4 Å². The normalized spacial score (nSPS) is 12.0. The summed E-state index contributed by atoms with van der Waals surface area (Å²) in [5.41, 5.74) is 6.79. The van der Waals surface area contributed by atoms with Crippen LogP contribution in [-0.4, -0.2) is 19.5 Å². The standard InChI is InChI=1S/C35H20N4O/c1-2-9-23-20-30-27(18-22(23)8-1)25-11-3-5-13-29(25)39(30)34-32(24-16-15-21-10-7-17-36-28(21)19-24)38-35-33(37-34)26-12-4-6-14-31(26)40-35/h1-20H. The first-order chi connectivity index (χ1) is 19.8. The molecule has 40 heavy (non-hydrogen) atoms. The lowest BCUT2D eigenvalue weighted by Gasteiger charge is -2.13. The van der Waals surface area contributed by atoms with E-state index in [0.717, 1.165) is 55.5 Å². The third kappa shape index (κ3) is 3.00. The molecular formula is C35H20N4O. The van der Waals surface area contributed by atoms with E-state index in [1.807, 2.05) is 36.5 Å². The molecule has 9 rings (SSSR count). The van der Waals surface area contributed by atoms with Crippen molar-refractivity contribution in [3.05, 3.63) is 121 Å². The average Bonchev–Trinajstić information content (AvgIpc) is 3.53. The van der Waals surface area contributed by atoms with Gasteiger partial charge in [0.25, 0.3) is 0 Å². The highest BCUT2D eigenvalue weighted by molar-refractivity contribution is 6.14. The Labute approximate surface area is 228 Å². The van der Waals surface area contributed by atoms with Crippen LogP contribution >= 0.6 is 0 Å². The number of nitrogens with zero attached hydrogens (tertiary/aromatic N) is 4. The number of aromatic nitrogens is 4. The van der Waals surface area contributed by atoms with Gasteiger partial charge in [-0.1, -0.05) is 72.8 Å². The first kappa shape index (κ1) is 21.4. The fourth-order valence-electron chi connectivity index (χ4n) is 5.96. The SMILES string of the molecule is c1ccc2cc3c(cc2c1)c1ccccc1n3-c1nc2c(nc1-c1ccc3cccnc3c1)oc1ccccc12. The van der Waals surface area contributed by atoms with E-state index in [9.17, 15) is 0 Å². The molecule has 4 aromatic heterocycles. The molecule has 0 fully saturated rings. The number of para-hydroxylation sites is 2. The fraction of sp³-hybridized carbons (Fsp3) is 0. The Morgan fingerprint density at radius 3 is 2.27 bits per heavy atom. The van der Waals surface area contributed by atoms with Gasteiger partial charge in [0.05, 0.1) is 16.6 Å². The van der Waals surface area contributed by atoms with Gasteiger partial charge in [0.1, 0.15) is 16.8 Å². The van der Waals surface area contributed by atoms with Gasteiger partial charge in [-0.3, -0.25) is 9.55 Å². The molecule has 0 unspecified atom stereocenters. The maximum Gasteiger partial charge on any atom is 0.247 e. The van der Waals surface area contributed by atoms with Gasteiger partial charge in [0.15, 0.2) is 5.82 Å². The van der Waals surface area contributed by atoms with Crippen molar-refractivity contribution >= 4 is 65.7 Å². The zero-order valence-electron chi connectivity index (χ0n) is 21.2. The summed E-state index contributed by atoms with van der Waals surface area (Å²) in [4.78, 5) is 15.1. The molecule has 0 aliphatic heterocycles. The van der Waals surface area contributed by atoms with Crippen LogP contribution in [0.2, 0.25) is 0 Å². The second-order valence-electron chi connectivity index (χ2n) is 10.1. The predicted molar refractivity (Wildman–Crippen MR) is 162 cm³/mol.